The molecular formula is C27H34FN5O. The molecule has 2 aromatic rings. The van der Waals surface area contributed by atoms with Crippen molar-refractivity contribution in [2.75, 3.05) is 29.4 Å². The minimum absolute atomic E-state index is 0.0749. The molecule has 2 heterocycles. The van der Waals surface area contributed by atoms with Crippen LogP contribution in [-0.4, -0.2) is 47.6 Å². The van der Waals surface area contributed by atoms with E-state index in [0.29, 0.717) is 54.8 Å². The molecule has 34 heavy (non-hydrogen) atoms. The van der Waals surface area contributed by atoms with Gasteiger partial charge in [0, 0.05) is 37.9 Å². The lowest BCUT2D eigenvalue weighted by Crippen LogP contribution is -2.56. The van der Waals surface area contributed by atoms with Crippen LogP contribution in [0.1, 0.15) is 55.1 Å². The first kappa shape index (κ1) is 21.8. The van der Waals surface area contributed by atoms with Gasteiger partial charge in [0.05, 0.1) is 5.69 Å². The number of piperazine rings is 1. The normalized spacial score (nSPS) is 32.2. The van der Waals surface area contributed by atoms with Crippen LogP contribution in [0.15, 0.2) is 30.5 Å². The molecule has 180 valence electrons. The van der Waals surface area contributed by atoms with Gasteiger partial charge in [0.1, 0.15) is 11.5 Å². The Labute approximate surface area is 201 Å². The van der Waals surface area contributed by atoms with Crippen molar-refractivity contribution in [1.29, 1.82) is 0 Å². The van der Waals surface area contributed by atoms with Gasteiger partial charge in [0.25, 0.3) is 5.91 Å². The highest BCUT2D eigenvalue weighted by Gasteiger charge is 2.48. The molecule has 1 aliphatic heterocycles. The Hall–Kier alpha value is -2.70. The Morgan fingerprint density at radius 3 is 2.47 bits per heavy atom. The number of amides is 1. The highest BCUT2D eigenvalue weighted by atomic mass is 19.1. The molecule has 7 rings (SSSR count). The molecule has 4 saturated carbocycles. The van der Waals surface area contributed by atoms with E-state index in [1.165, 1.54) is 32.1 Å². The van der Waals surface area contributed by atoms with Gasteiger partial charge in [0.15, 0.2) is 0 Å². The lowest BCUT2D eigenvalue weighted by molar-refractivity contribution is -0.0120. The molecule has 0 radical (unpaired) electrons. The van der Waals surface area contributed by atoms with Crippen LogP contribution >= 0.6 is 0 Å². The summed E-state index contributed by atoms with van der Waals surface area (Å²) in [6.45, 7) is 6.03. The number of aryl methyl sites for hydroxylation is 1. The van der Waals surface area contributed by atoms with E-state index in [-0.39, 0.29) is 17.8 Å². The van der Waals surface area contributed by atoms with Crippen LogP contribution in [0.3, 0.4) is 0 Å². The van der Waals surface area contributed by atoms with E-state index in [4.69, 9.17) is 0 Å². The molecular weight excluding hydrogens is 429 g/mol. The molecule has 0 spiro atoms. The van der Waals surface area contributed by atoms with Crippen molar-refractivity contribution in [3.05, 3.63) is 47.5 Å². The van der Waals surface area contributed by atoms with Crippen LogP contribution in [0.5, 0.6) is 0 Å². The second kappa shape index (κ2) is 8.51. The number of rotatable bonds is 4. The van der Waals surface area contributed by atoms with Gasteiger partial charge in [-0.25, -0.2) is 14.4 Å². The number of halogens is 1. The van der Waals surface area contributed by atoms with Crippen LogP contribution in [0.4, 0.5) is 16.0 Å². The van der Waals surface area contributed by atoms with Gasteiger partial charge in [-0.15, -0.1) is 0 Å². The third-order valence-corrected chi connectivity index (χ3v) is 8.73. The van der Waals surface area contributed by atoms with Gasteiger partial charge in [-0.1, -0.05) is 6.07 Å². The number of nitrogens with zero attached hydrogens (tertiary/aromatic N) is 4. The van der Waals surface area contributed by atoms with E-state index in [2.05, 4.69) is 32.0 Å². The van der Waals surface area contributed by atoms with E-state index in [0.717, 1.165) is 17.4 Å². The lowest BCUT2D eigenvalue weighted by atomic mass is 9.54. The van der Waals surface area contributed by atoms with Crippen molar-refractivity contribution in [1.82, 2.24) is 15.3 Å². The third-order valence-electron chi connectivity index (χ3n) is 8.73. The summed E-state index contributed by atoms with van der Waals surface area (Å²) in [5, 5.41) is 3.36. The highest BCUT2D eigenvalue weighted by Crippen LogP contribution is 2.53. The quantitative estimate of drug-likeness (QED) is 0.737. The van der Waals surface area contributed by atoms with Crippen LogP contribution in [0.2, 0.25) is 0 Å². The molecule has 5 fully saturated rings. The van der Waals surface area contributed by atoms with Crippen LogP contribution in [-0.2, 0) is 0 Å². The Morgan fingerprint density at radius 2 is 1.79 bits per heavy atom. The van der Waals surface area contributed by atoms with E-state index in [1.807, 2.05) is 19.1 Å². The van der Waals surface area contributed by atoms with E-state index >= 15 is 0 Å². The number of carbonyl (C=O) groups is 1. The predicted molar refractivity (Wildman–Crippen MR) is 130 cm³/mol. The molecule has 1 saturated heterocycles. The van der Waals surface area contributed by atoms with Crippen molar-refractivity contribution in [2.45, 2.75) is 58.0 Å². The number of nitrogens with one attached hydrogen (secondary N) is 1. The summed E-state index contributed by atoms with van der Waals surface area (Å²) >= 11 is 0. The maximum absolute atomic E-state index is 14.5. The summed E-state index contributed by atoms with van der Waals surface area (Å²) in [5.41, 5.74) is 2.00. The molecule has 1 N–H and O–H groups in total. The van der Waals surface area contributed by atoms with Crippen LogP contribution in [0, 0.1) is 36.4 Å². The highest BCUT2D eigenvalue weighted by molar-refractivity contribution is 5.92. The van der Waals surface area contributed by atoms with Gasteiger partial charge in [-0.05, 0) is 93.4 Å². The number of hydrogen-bond acceptors (Lipinski definition) is 5. The second-order valence-corrected chi connectivity index (χ2v) is 11.1. The molecule has 0 unspecified atom stereocenters. The van der Waals surface area contributed by atoms with Crippen LogP contribution < -0.4 is 15.1 Å². The monoisotopic (exact) mass is 463 g/mol. The fraction of sp³-hybridized carbons (Fsp3) is 0.593. The molecule has 7 heteroatoms. The van der Waals surface area contributed by atoms with Crippen molar-refractivity contribution in [2.24, 2.45) is 23.7 Å². The number of hydrogen-bond donors (Lipinski definition) is 1. The number of carbonyl (C=O) groups excluding carboxylic acids is 1. The topological polar surface area (TPSA) is 61.4 Å². The average Bonchev–Trinajstić information content (AvgIpc) is 2.81. The predicted octanol–water partition coefficient (Wildman–Crippen LogP) is 4.19. The van der Waals surface area contributed by atoms with Gasteiger partial charge < -0.3 is 15.1 Å². The Morgan fingerprint density at radius 1 is 1.06 bits per heavy atom. The summed E-state index contributed by atoms with van der Waals surface area (Å²) in [4.78, 5) is 26.5. The summed E-state index contributed by atoms with van der Waals surface area (Å²) in [7, 11) is 0. The SMILES string of the molecule is Cc1ccc(N2CCN(c3nccc(C(=O)NC4C5CC6CC(C5)CC4C6)n3)[C@H](C)C2)c(F)c1. The van der Waals surface area contributed by atoms with Gasteiger partial charge in [0.2, 0.25) is 5.95 Å². The molecule has 1 aromatic heterocycles. The first-order valence-electron chi connectivity index (χ1n) is 12.9. The fourth-order valence-electron chi connectivity index (χ4n) is 7.34. The molecule has 1 amide bonds. The first-order chi connectivity index (χ1) is 16.4. The zero-order valence-corrected chi connectivity index (χ0v) is 20.1. The Kier molecular flexibility index (Phi) is 5.46. The van der Waals surface area contributed by atoms with Crippen molar-refractivity contribution in [3.8, 4) is 0 Å². The second-order valence-electron chi connectivity index (χ2n) is 11.1. The van der Waals surface area contributed by atoms with Gasteiger partial charge in [-0.3, -0.25) is 4.79 Å². The largest absolute Gasteiger partial charge is 0.365 e. The average molecular weight is 464 g/mol. The Bertz CT molecular complexity index is 1060. The van der Waals surface area contributed by atoms with Crippen LogP contribution in [0.25, 0.3) is 0 Å². The zero-order chi connectivity index (χ0) is 23.4. The smallest absolute Gasteiger partial charge is 0.270 e. The molecule has 4 bridgehead atoms. The summed E-state index contributed by atoms with van der Waals surface area (Å²) in [6.07, 6.45) is 8.19. The molecule has 4 aliphatic carbocycles. The fourth-order valence-corrected chi connectivity index (χ4v) is 7.34. The molecule has 1 aromatic carbocycles. The van der Waals surface area contributed by atoms with Crippen molar-refractivity contribution in [3.63, 3.8) is 0 Å². The maximum atomic E-state index is 14.5. The van der Waals surface area contributed by atoms with E-state index in [1.54, 1.807) is 18.3 Å². The number of anilines is 2. The maximum Gasteiger partial charge on any atom is 0.270 e. The minimum atomic E-state index is -0.180. The number of benzene rings is 1. The van der Waals surface area contributed by atoms with Gasteiger partial charge in [-0.2, -0.15) is 0 Å². The first-order valence-corrected chi connectivity index (χ1v) is 12.9. The third kappa shape index (κ3) is 3.93. The standard InChI is InChI=1S/C27H34FN5O/c1-16-3-4-24(22(28)9-16)32-7-8-33(17(2)15-32)27-29-6-5-23(30-27)26(34)31-25-20-11-18-10-19(13-20)14-21(25)12-18/h3-6,9,17-21,25H,7-8,10-15H2,1-2H3,(H,31,34)/t17-,18?,19?,20?,21?,25?/m1/s1. The summed E-state index contributed by atoms with van der Waals surface area (Å²) < 4.78 is 14.5. The van der Waals surface area contributed by atoms with Crippen molar-refractivity contribution < 1.29 is 9.18 Å². The van der Waals surface area contributed by atoms with E-state index in [9.17, 15) is 9.18 Å². The summed E-state index contributed by atoms with van der Waals surface area (Å²) in [5.74, 6) is 3.36. The minimum Gasteiger partial charge on any atom is -0.365 e. The molecule has 1 atom stereocenters. The number of aromatic nitrogens is 2. The van der Waals surface area contributed by atoms with Crippen molar-refractivity contribution >= 4 is 17.5 Å². The molecule has 5 aliphatic rings. The Balaban J connectivity index is 1.13. The molecule has 6 nitrogen and oxygen atoms in total. The zero-order valence-electron chi connectivity index (χ0n) is 20.1. The van der Waals surface area contributed by atoms with E-state index < -0.39 is 0 Å². The lowest BCUT2D eigenvalue weighted by Gasteiger charge is -2.54. The van der Waals surface area contributed by atoms with Gasteiger partial charge >= 0.3 is 0 Å². The summed E-state index contributed by atoms with van der Waals surface area (Å²) in [6, 6.07) is 7.50.